The summed E-state index contributed by atoms with van der Waals surface area (Å²) in [4.78, 5) is 0. The van der Waals surface area contributed by atoms with E-state index >= 15 is 0 Å². The van der Waals surface area contributed by atoms with E-state index in [1.807, 2.05) is 6.07 Å². The normalized spacial score (nSPS) is 13.5. The highest BCUT2D eigenvalue weighted by Crippen LogP contribution is 2.27. The molecule has 1 heterocycles. The second-order valence-corrected chi connectivity index (χ2v) is 5.87. The van der Waals surface area contributed by atoms with Crippen LogP contribution in [0, 0.1) is 5.82 Å². The van der Waals surface area contributed by atoms with Gasteiger partial charge in [0.2, 0.25) is 0 Å². The molecular formula is C16H16BrFN2. The monoisotopic (exact) mass is 334 g/mol. The zero-order valence-corrected chi connectivity index (χ0v) is 12.6. The lowest BCUT2D eigenvalue weighted by molar-refractivity contribution is 0.629. The second-order valence-electron chi connectivity index (χ2n) is 4.96. The Labute approximate surface area is 126 Å². The smallest absolute Gasteiger partial charge is 0.147 e. The molecule has 0 amide bonds. The number of halogens is 2. The van der Waals surface area contributed by atoms with E-state index in [1.54, 1.807) is 6.07 Å². The molecule has 0 saturated carbocycles. The Morgan fingerprint density at radius 2 is 2.15 bits per heavy atom. The van der Waals surface area contributed by atoms with E-state index in [4.69, 9.17) is 0 Å². The first kappa shape index (κ1) is 13.4. The largest absolute Gasteiger partial charge is 0.385 e. The molecule has 0 aromatic heterocycles. The summed E-state index contributed by atoms with van der Waals surface area (Å²) >= 11 is 3.26. The van der Waals surface area contributed by atoms with Gasteiger partial charge in [-0.05, 0) is 42.2 Å². The predicted octanol–water partition coefficient (Wildman–Crippen LogP) is 4.56. The highest BCUT2D eigenvalue weighted by Gasteiger charge is 2.12. The third-order valence-corrected chi connectivity index (χ3v) is 4.06. The summed E-state index contributed by atoms with van der Waals surface area (Å²) in [5.74, 6) is -0.239. The average Bonchev–Trinajstić information content (AvgIpc) is 2.46. The molecule has 2 nitrogen and oxygen atoms in total. The standard InChI is InChI=1S/C16H16BrFN2/c17-13-6-7-15(14(18)9-13)20-10-12-4-1-3-11-5-2-8-19-16(11)12/h1,3-4,6-7,9,19-20H,2,5,8,10H2. The minimum atomic E-state index is -0.239. The molecule has 1 aliphatic heterocycles. The van der Waals surface area contributed by atoms with Gasteiger partial charge < -0.3 is 10.6 Å². The van der Waals surface area contributed by atoms with E-state index in [-0.39, 0.29) is 5.82 Å². The number of hydrogen-bond donors (Lipinski definition) is 2. The summed E-state index contributed by atoms with van der Waals surface area (Å²) in [7, 11) is 0. The number of hydrogen-bond acceptors (Lipinski definition) is 2. The Morgan fingerprint density at radius 1 is 1.25 bits per heavy atom. The van der Waals surface area contributed by atoms with Crippen molar-refractivity contribution in [3.05, 3.63) is 57.8 Å². The Morgan fingerprint density at radius 3 is 3.00 bits per heavy atom. The molecule has 2 N–H and O–H groups in total. The first-order valence-corrected chi connectivity index (χ1v) is 7.57. The van der Waals surface area contributed by atoms with Crippen LogP contribution in [0.1, 0.15) is 17.5 Å². The zero-order valence-electron chi connectivity index (χ0n) is 11.0. The van der Waals surface area contributed by atoms with E-state index < -0.39 is 0 Å². The summed E-state index contributed by atoms with van der Waals surface area (Å²) in [6, 6.07) is 11.4. The molecule has 0 radical (unpaired) electrons. The van der Waals surface area contributed by atoms with Gasteiger partial charge >= 0.3 is 0 Å². The highest BCUT2D eigenvalue weighted by atomic mass is 79.9. The Kier molecular flexibility index (Phi) is 3.92. The molecule has 0 spiro atoms. The first-order valence-electron chi connectivity index (χ1n) is 6.77. The van der Waals surface area contributed by atoms with Crippen LogP contribution in [0.4, 0.5) is 15.8 Å². The van der Waals surface area contributed by atoms with Crippen LogP contribution in [0.5, 0.6) is 0 Å². The minimum Gasteiger partial charge on any atom is -0.385 e. The van der Waals surface area contributed by atoms with Crippen molar-refractivity contribution in [2.75, 3.05) is 17.2 Å². The van der Waals surface area contributed by atoms with Crippen molar-refractivity contribution in [1.29, 1.82) is 0 Å². The molecule has 1 aliphatic rings. The first-order chi connectivity index (χ1) is 9.74. The van der Waals surface area contributed by atoms with Crippen LogP contribution in [0.25, 0.3) is 0 Å². The van der Waals surface area contributed by atoms with Crippen molar-refractivity contribution in [3.8, 4) is 0 Å². The maximum absolute atomic E-state index is 13.8. The number of aryl methyl sites for hydroxylation is 1. The third kappa shape index (κ3) is 2.80. The van der Waals surface area contributed by atoms with E-state index in [9.17, 15) is 4.39 Å². The summed E-state index contributed by atoms with van der Waals surface area (Å²) in [6.07, 6.45) is 2.29. The lowest BCUT2D eigenvalue weighted by atomic mass is 9.99. The van der Waals surface area contributed by atoms with Crippen molar-refractivity contribution >= 4 is 27.3 Å². The van der Waals surface area contributed by atoms with Gasteiger partial charge in [0.05, 0.1) is 5.69 Å². The van der Waals surface area contributed by atoms with Gasteiger partial charge in [0.25, 0.3) is 0 Å². The molecule has 0 aliphatic carbocycles. The topological polar surface area (TPSA) is 24.1 Å². The van der Waals surface area contributed by atoms with Crippen LogP contribution in [0.2, 0.25) is 0 Å². The summed E-state index contributed by atoms with van der Waals surface area (Å²) in [5, 5.41) is 6.62. The van der Waals surface area contributed by atoms with E-state index in [2.05, 4.69) is 44.8 Å². The quantitative estimate of drug-likeness (QED) is 0.859. The fourth-order valence-electron chi connectivity index (χ4n) is 2.55. The van der Waals surface area contributed by atoms with E-state index in [1.165, 1.54) is 29.3 Å². The van der Waals surface area contributed by atoms with Crippen molar-refractivity contribution < 1.29 is 4.39 Å². The Balaban J connectivity index is 1.78. The van der Waals surface area contributed by atoms with Gasteiger partial charge in [-0.15, -0.1) is 0 Å². The fourth-order valence-corrected chi connectivity index (χ4v) is 2.88. The zero-order chi connectivity index (χ0) is 13.9. The molecule has 4 heteroatoms. The van der Waals surface area contributed by atoms with Crippen LogP contribution in [0.3, 0.4) is 0 Å². The van der Waals surface area contributed by atoms with Gasteiger partial charge in [-0.1, -0.05) is 34.1 Å². The van der Waals surface area contributed by atoms with Gasteiger partial charge in [-0.2, -0.15) is 0 Å². The molecule has 0 saturated heterocycles. The SMILES string of the molecule is Fc1cc(Br)ccc1NCc1cccc2c1NCCC2. The summed E-state index contributed by atoms with van der Waals surface area (Å²) in [5.41, 5.74) is 4.28. The van der Waals surface area contributed by atoms with Crippen molar-refractivity contribution in [3.63, 3.8) is 0 Å². The number of anilines is 2. The van der Waals surface area contributed by atoms with Crippen LogP contribution in [-0.4, -0.2) is 6.54 Å². The number of para-hydroxylation sites is 1. The van der Waals surface area contributed by atoms with Crippen molar-refractivity contribution in [2.24, 2.45) is 0 Å². The maximum Gasteiger partial charge on any atom is 0.147 e. The van der Waals surface area contributed by atoms with E-state index in [0.29, 0.717) is 12.2 Å². The minimum absolute atomic E-state index is 0.239. The molecule has 3 rings (SSSR count). The number of nitrogens with one attached hydrogen (secondary N) is 2. The molecule has 104 valence electrons. The van der Waals surface area contributed by atoms with Gasteiger partial charge in [0.15, 0.2) is 0 Å². The molecule has 2 aromatic carbocycles. The molecule has 0 bridgehead atoms. The predicted molar refractivity (Wildman–Crippen MR) is 84.7 cm³/mol. The Hall–Kier alpha value is -1.55. The van der Waals surface area contributed by atoms with Gasteiger partial charge in [-0.25, -0.2) is 4.39 Å². The lowest BCUT2D eigenvalue weighted by Gasteiger charge is -2.21. The molecular weight excluding hydrogens is 319 g/mol. The molecule has 20 heavy (non-hydrogen) atoms. The lowest BCUT2D eigenvalue weighted by Crippen LogP contribution is -2.15. The molecule has 2 aromatic rings. The molecule has 0 fully saturated rings. The van der Waals surface area contributed by atoms with Crippen LogP contribution < -0.4 is 10.6 Å². The van der Waals surface area contributed by atoms with Gasteiger partial charge in [-0.3, -0.25) is 0 Å². The van der Waals surface area contributed by atoms with E-state index in [0.717, 1.165) is 17.4 Å². The highest BCUT2D eigenvalue weighted by molar-refractivity contribution is 9.10. The number of benzene rings is 2. The number of rotatable bonds is 3. The van der Waals surface area contributed by atoms with Crippen LogP contribution >= 0.6 is 15.9 Å². The Bertz CT molecular complexity index is 628. The van der Waals surface area contributed by atoms with Crippen LogP contribution in [0.15, 0.2) is 40.9 Å². The maximum atomic E-state index is 13.8. The molecule has 0 unspecified atom stereocenters. The molecule has 0 atom stereocenters. The fraction of sp³-hybridized carbons (Fsp3) is 0.250. The average molecular weight is 335 g/mol. The summed E-state index contributed by atoms with van der Waals surface area (Å²) in [6.45, 7) is 1.63. The van der Waals surface area contributed by atoms with Crippen molar-refractivity contribution in [2.45, 2.75) is 19.4 Å². The summed E-state index contributed by atoms with van der Waals surface area (Å²) < 4.78 is 14.5. The van der Waals surface area contributed by atoms with Crippen LogP contribution in [-0.2, 0) is 13.0 Å². The van der Waals surface area contributed by atoms with Gasteiger partial charge in [0.1, 0.15) is 5.82 Å². The van der Waals surface area contributed by atoms with Gasteiger partial charge in [0, 0.05) is 23.2 Å². The number of fused-ring (bicyclic) bond motifs is 1. The third-order valence-electron chi connectivity index (χ3n) is 3.56. The van der Waals surface area contributed by atoms with Crippen molar-refractivity contribution in [1.82, 2.24) is 0 Å². The second kappa shape index (κ2) is 5.83.